The Morgan fingerprint density at radius 2 is 1.67 bits per heavy atom. The number of hydrogen-bond donors (Lipinski definition) is 0. The molecule has 0 aliphatic heterocycles. The van der Waals surface area contributed by atoms with Crippen molar-refractivity contribution in [1.82, 2.24) is 4.98 Å². The highest BCUT2D eigenvalue weighted by Crippen LogP contribution is 2.45. The molecule has 0 bridgehead atoms. The van der Waals surface area contributed by atoms with E-state index in [1.54, 1.807) is 24.2 Å². The number of carbonyl (C=O) groups is 1. The summed E-state index contributed by atoms with van der Waals surface area (Å²) in [4.78, 5) is 15.0. The quantitative estimate of drug-likeness (QED) is 0.618. The molecule has 0 fully saturated rings. The number of benzene rings is 1. The zero-order valence-electron chi connectivity index (χ0n) is 12.4. The number of aromatic nitrogens is 1. The van der Waals surface area contributed by atoms with Crippen LogP contribution in [0.15, 0.2) is 54.9 Å². The Hall–Kier alpha value is -1.81. The van der Waals surface area contributed by atoms with Crippen LogP contribution < -0.4 is 0 Å². The van der Waals surface area contributed by atoms with Gasteiger partial charge in [0.2, 0.25) is 4.93 Å². The second-order valence-corrected chi connectivity index (χ2v) is 6.73. The normalized spacial score (nSPS) is 13.7. The summed E-state index contributed by atoms with van der Waals surface area (Å²) in [5.41, 5.74) is 1.86. The molecular weight excluding hydrogens is 282 g/mol. The standard InChI is InChI=1S/C17H19NO2S/c1-13(2)21-17(20-14(3)19,15-7-5-4-6-8-15)16-9-11-18-12-10-16/h4-13H,1-3H3. The predicted octanol–water partition coefficient (Wildman–Crippen LogP) is 3.99. The molecule has 0 spiro atoms. The Bertz CT molecular complexity index is 545. The first kappa shape index (κ1) is 15.6. The van der Waals surface area contributed by atoms with Crippen LogP contribution in [0.2, 0.25) is 0 Å². The average Bonchev–Trinajstić information content (AvgIpc) is 2.47. The smallest absolute Gasteiger partial charge is 0.304 e. The van der Waals surface area contributed by atoms with Gasteiger partial charge in [-0.15, -0.1) is 11.8 Å². The second kappa shape index (κ2) is 6.76. The molecule has 1 heterocycles. The molecule has 2 aromatic rings. The van der Waals surface area contributed by atoms with Gasteiger partial charge in [-0.25, -0.2) is 0 Å². The topological polar surface area (TPSA) is 39.2 Å². The number of nitrogens with zero attached hydrogens (tertiary/aromatic N) is 1. The number of thioether (sulfide) groups is 1. The molecule has 0 aliphatic carbocycles. The number of rotatable bonds is 5. The van der Waals surface area contributed by atoms with E-state index < -0.39 is 4.93 Å². The summed E-state index contributed by atoms with van der Waals surface area (Å²) in [7, 11) is 0. The van der Waals surface area contributed by atoms with Gasteiger partial charge in [-0.05, 0) is 12.1 Å². The largest absolute Gasteiger partial charge is 0.439 e. The van der Waals surface area contributed by atoms with Gasteiger partial charge in [-0.1, -0.05) is 44.2 Å². The average molecular weight is 301 g/mol. The minimum atomic E-state index is -0.843. The number of carbonyl (C=O) groups excluding carboxylic acids is 1. The van der Waals surface area contributed by atoms with Crippen molar-refractivity contribution in [2.75, 3.05) is 0 Å². The fourth-order valence-corrected chi connectivity index (χ4v) is 3.58. The third-order valence-corrected chi connectivity index (χ3v) is 4.26. The van der Waals surface area contributed by atoms with E-state index in [0.29, 0.717) is 0 Å². The monoisotopic (exact) mass is 301 g/mol. The maximum Gasteiger partial charge on any atom is 0.304 e. The maximum absolute atomic E-state index is 11.7. The van der Waals surface area contributed by atoms with Gasteiger partial charge in [0.15, 0.2) is 0 Å². The van der Waals surface area contributed by atoms with Gasteiger partial charge >= 0.3 is 5.97 Å². The van der Waals surface area contributed by atoms with Crippen LogP contribution >= 0.6 is 11.8 Å². The lowest BCUT2D eigenvalue weighted by atomic mass is 10.0. The summed E-state index contributed by atoms with van der Waals surface area (Å²) >= 11 is 1.61. The summed E-state index contributed by atoms with van der Waals surface area (Å²) in [5.74, 6) is -0.302. The SMILES string of the molecule is CC(=O)OC(SC(C)C)(c1ccccc1)c1ccncc1. The van der Waals surface area contributed by atoms with E-state index in [-0.39, 0.29) is 11.2 Å². The molecular formula is C17H19NO2S. The minimum Gasteiger partial charge on any atom is -0.439 e. The maximum atomic E-state index is 11.7. The van der Waals surface area contributed by atoms with Gasteiger partial charge in [0.25, 0.3) is 0 Å². The van der Waals surface area contributed by atoms with Gasteiger partial charge in [-0.2, -0.15) is 0 Å². The van der Waals surface area contributed by atoms with Crippen LogP contribution in [-0.4, -0.2) is 16.2 Å². The van der Waals surface area contributed by atoms with Crippen LogP contribution in [0.25, 0.3) is 0 Å². The minimum absolute atomic E-state index is 0.290. The Morgan fingerprint density at radius 1 is 1.10 bits per heavy atom. The summed E-state index contributed by atoms with van der Waals surface area (Å²) in [6.07, 6.45) is 3.44. The molecule has 4 heteroatoms. The van der Waals surface area contributed by atoms with E-state index in [4.69, 9.17) is 4.74 Å². The molecule has 0 saturated carbocycles. The highest BCUT2D eigenvalue weighted by Gasteiger charge is 2.39. The summed E-state index contributed by atoms with van der Waals surface area (Å²) in [6.45, 7) is 5.62. The van der Waals surface area contributed by atoms with Crippen molar-refractivity contribution in [3.05, 3.63) is 66.0 Å². The number of esters is 1. The van der Waals surface area contributed by atoms with Crippen molar-refractivity contribution in [2.24, 2.45) is 0 Å². The highest BCUT2D eigenvalue weighted by atomic mass is 32.2. The summed E-state index contributed by atoms with van der Waals surface area (Å²) in [5, 5.41) is 0.290. The number of hydrogen-bond acceptors (Lipinski definition) is 4. The molecule has 0 saturated heterocycles. The lowest BCUT2D eigenvalue weighted by Crippen LogP contribution is -2.31. The molecule has 2 rings (SSSR count). The zero-order chi connectivity index (χ0) is 15.3. The fraction of sp³-hybridized carbons (Fsp3) is 0.294. The van der Waals surface area contributed by atoms with Crippen molar-refractivity contribution in [1.29, 1.82) is 0 Å². The molecule has 0 aliphatic rings. The summed E-state index contributed by atoms with van der Waals surface area (Å²) < 4.78 is 5.82. The van der Waals surface area contributed by atoms with Crippen LogP contribution in [0.3, 0.4) is 0 Å². The highest BCUT2D eigenvalue weighted by molar-refractivity contribution is 8.00. The van der Waals surface area contributed by atoms with Gasteiger partial charge in [0.05, 0.1) is 0 Å². The Labute approximate surface area is 129 Å². The van der Waals surface area contributed by atoms with Gasteiger partial charge < -0.3 is 4.74 Å². The van der Waals surface area contributed by atoms with Crippen molar-refractivity contribution >= 4 is 17.7 Å². The Kier molecular flexibility index (Phi) is 5.02. The Morgan fingerprint density at radius 3 is 2.19 bits per heavy atom. The first-order valence-electron chi connectivity index (χ1n) is 6.88. The predicted molar refractivity (Wildman–Crippen MR) is 86.0 cm³/mol. The van der Waals surface area contributed by atoms with E-state index in [1.807, 2.05) is 42.5 Å². The van der Waals surface area contributed by atoms with Crippen molar-refractivity contribution < 1.29 is 9.53 Å². The lowest BCUT2D eigenvalue weighted by molar-refractivity contribution is -0.147. The molecule has 1 unspecified atom stereocenters. The molecule has 1 aromatic carbocycles. The molecule has 0 amide bonds. The van der Waals surface area contributed by atoms with Gasteiger partial charge in [-0.3, -0.25) is 9.78 Å². The third-order valence-electron chi connectivity index (χ3n) is 2.90. The van der Waals surface area contributed by atoms with Gasteiger partial charge in [0, 0.05) is 35.7 Å². The number of ether oxygens (including phenoxy) is 1. The zero-order valence-corrected chi connectivity index (χ0v) is 13.3. The van der Waals surface area contributed by atoms with Crippen LogP contribution in [0.5, 0.6) is 0 Å². The Balaban J connectivity index is 2.62. The fourth-order valence-electron chi connectivity index (χ4n) is 2.21. The van der Waals surface area contributed by atoms with Gasteiger partial charge in [0.1, 0.15) is 0 Å². The molecule has 110 valence electrons. The van der Waals surface area contributed by atoms with Crippen molar-refractivity contribution in [3.63, 3.8) is 0 Å². The van der Waals surface area contributed by atoms with E-state index in [0.717, 1.165) is 11.1 Å². The lowest BCUT2D eigenvalue weighted by Gasteiger charge is -2.34. The molecule has 1 atom stereocenters. The van der Waals surface area contributed by atoms with E-state index in [9.17, 15) is 4.79 Å². The summed E-state index contributed by atoms with van der Waals surface area (Å²) in [6, 6.07) is 13.6. The third kappa shape index (κ3) is 3.64. The molecule has 0 radical (unpaired) electrons. The molecule has 21 heavy (non-hydrogen) atoms. The first-order valence-corrected chi connectivity index (χ1v) is 7.76. The van der Waals surface area contributed by atoms with E-state index in [2.05, 4.69) is 18.8 Å². The first-order chi connectivity index (χ1) is 10.0. The van der Waals surface area contributed by atoms with Crippen LogP contribution in [0.4, 0.5) is 0 Å². The van der Waals surface area contributed by atoms with Crippen LogP contribution in [-0.2, 0) is 14.5 Å². The molecule has 0 N–H and O–H groups in total. The van der Waals surface area contributed by atoms with E-state index >= 15 is 0 Å². The molecule has 3 nitrogen and oxygen atoms in total. The van der Waals surface area contributed by atoms with Crippen LogP contribution in [0, 0.1) is 0 Å². The second-order valence-electron chi connectivity index (χ2n) is 4.98. The van der Waals surface area contributed by atoms with E-state index in [1.165, 1.54) is 6.92 Å². The van der Waals surface area contributed by atoms with Crippen LogP contribution in [0.1, 0.15) is 31.9 Å². The number of pyridine rings is 1. The van der Waals surface area contributed by atoms with Crippen molar-refractivity contribution in [3.8, 4) is 0 Å². The molecule has 1 aromatic heterocycles. The van der Waals surface area contributed by atoms with Crippen molar-refractivity contribution in [2.45, 2.75) is 31.0 Å².